The van der Waals surface area contributed by atoms with Crippen molar-refractivity contribution in [3.8, 4) is 0 Å². The van der Waals surface area contributed by atoms with Gasteiger partial charge in [-0.25, -0.2) is 4.79 Å². The van der Waals surface area contributed by atoms with Gasteiger partial charge in [0.05, 0.1) is 18.8 Å². The molecule has 2 aromatic carbocycles. The molecular weight excluding hydrogens is 682 g/mol. The molecule has 53 heavy (non-hydrogen) atoms. The van der Waals surface area contributed by atoms with Crippen molar-refractivity contribution in [2.45, 2.75) is 110 Å². The minimum absolute atomic E-state index is 0.0894. The Balaban J connectivity index is 1.64. The Morgan fingerprint density at radius 2 is 1.53 bits per heavy atom. The summed E-state index contributed by atoms with van der Waals surface area (Å²) in [5.41, 5.74) is 8.21. The van der Waals surface area contributed by atoms with Gasteiger partial charge in [0.25, 0.3) is 0 Å². The summed E-state index contributed by atoms with van der Waals surface area (Å²) in [4.78, 5) is 89.6. The highest BCUT2D eigenvalue weighted by Crippen LogP contribution is 2.26. The number of aliphatic carboxylic acids is 1. The first-order chi connectivity index (χ1) is 25.2. The number of nitrogens with one attached hydrogen (secondary N) is 6. The summed E-state index contributed by atoms with van der Waals surface area (Å²) < 4.78 is 0. The number of carboxylic acids is 1. The summed E-state index contributed by atoms with van der Waals surface area (Å²) in [5, 5.41) is 25.8. The van der Waals surface area contributed by atoms with Crippen LogP contribution in [0.4, 0.5) is 16.2 Å². The molecule has 0 aliphatic heterocycles. The number of hydrogen-bond donors (Lipinski definition) is 8. The molecule has 15 heteroatoms. The lowest BCUT2D eigenvalue weighted by Gasteiger charge is -2.29. The van der Waals surface area contributed by atoms with Gasteiger partial charge in [0.2, 0.25) is 29.5 Å². The molecule has 0 saturated heterocycles. The van der Waals surface area contributed by atoms with E-state index in [0.29, 0.717) is 55.5 Å². The van der Waals surface area contributed by atoms with Crippen LogP contribution in [0, 0.1) is 18.8 Å². The number of unbranched alkanes of at least 4 members (excludes halogenated alkanes) is 1. The number of nitrogens with two attached hydrogens (primary N) is 1. The lowest BCUT2D eigenvalue weighted by Crippen LogP contribution is -2.59. The Bertz CT molecular complexity index is 1620. The van der Waals surface area contributed by atoms with Gasteiger partial charge >= 0.3 is 12.0 Å². The van der Waals surface area contributed by atoms with Gasteiger partial charge in [0.15, 0.2) is 0 Å². The van der Waals surface area contributed by atoms with Crippen LogP contribution in [0.1, 0.15) is 83.3 Å². The third kappa shape index (κ3) is 13.2. The quantitative estimate of drug-likeness (QED) is 0.106. The Morgan fingerprint density at radius 3 is 2.15 bits per heavy atom. The zero-order valence-electron chi connectivity index (χ0n) is 30.8. The number of amides is 7. The number of carboxylic acid groups (broad SMARTS) is 1. The monoisotopic (exact) mass is 735 g/mol. The normalized spacial score (nSPS) is 17.3. The summed E-state index contributed by atoms with van der Waals surface area (Å²) >= 11 is 0. The number of carbonyl (C=O) groups excluding carboxylic acids is 6. The van der Waals surface area contributed by atoms with E-state index in [0.717, 1.165) is 5.56 Å². The SMILES string of the molecule is CCCC[C@H](NC(=O)Cc1ccc(NC(=O)Nc2ccccc2C)cc1)C(=O)N[C@@H](CC(=O)O)C(=O)N[C@H](C(=O)NC1CCCC1C(N)=O)C(C)CC. The predicted octanol–water partition coefficient (Wildman–Crippen LogP) is 3.12. The topological polar surface area (TPSA) is 238 Å². The Hall–Kier alpha value is -5.47. The maximum atomic E-state index is 13.5. The number of carbonyl (C=O) groups is 7. The average molecular weight is 736 g/mol. The van der Waals surface area contributed by atoms with Crippen molar-refractivity contribution in [3.05, 3.63) is 59.7 Å². The van der Waals surface area contributed by atoms with Gasteiger partial charge in [-0.2, -0.15) is 0 Å². The van der Waals surface area contributed by atoms with E-state index in [1.54, 1.807) is 37.3 Å². The molecule has 0 aromatic heterocycles. The minimum Gasteiger partial charge on any atom is -0.481 e. The minimum atomic E-state index is -1.55. The van der Waals surface area contributed by atoms with Crippen molar-refractivity contribution in [1.29, 1.82) is 0 Å². The zero-order chi connectivity index (χ0) is 39.1. The highest BCUT2D eigenvalue weighted by atomic mass is 16.4. The molecule has 1 saturated carbocycles. The van der Waals surface area contributed by atoms with Crippen LogP contribution >= 0.6 is 0 Å². The largest absolute Gasteiger partial charge is 0.481 e. The molecule has 0 heterocycles. The predicted molar refractivity (Wildman–Crippen MR) is 199 cm³/mol. The van der Waals surface area contributed by atoms with Crippen LogP contribution in [0.15, 0.2) is 48.5 Å². The highest BCUT2D eigenvalue weighted by Gasteiger charge is 2.37. The number of benzene rings is 2. The molecule has 6 atom stereocenters. The number of primary amides is 1. The first kappa shape index (κ1) is 41.9. The van der Waals surface area contributed by atoms with Gasteiger partial charge in [0.1, 0.15) is 18.1 Å². The molecule has 288 valence electrons. The van der Waals surface area contributed by atoms with Gasteiger partial charge in [0, 0.05) is 17.4 Å². The summed E-state index contributed by atoms with van der Waals surface area (Å²) in [6.07, 6.45) is 2.93. The van der Waals surface area contributed by atoms with Crippen molar-refractivity contribution in [1.82, 2.24) is 21.3 Å². The van der Waals surface area contributed by atoms with E-state index in [1.165, 1.54) is 0 Å². The standard InChI is InChI=1S/C38H53N7O8/c1-5-7-13-29(41-31(46)20-24-16-18-25(19-17-24)40-38(53)44-27-14-9-8-11-23(27)4)35(50)43-30(21-32(47)48)36(51)45-33(22(3)6-2)37(52)42-28-15-10-12-26(28)34(39)49/h8-9,11,14,16-19,22,26,28-30,33H,5-7,10,12-13,15,20-21H2,1-4H3,(H2,39,49)(H,41,46)(H,42,52)(H,43,50)(H,45,51)(H,47,48)(H2,40,44,53)/t22?,26?,28?,29-,30-,33-/m0/s1. The molecular formula is C38H53N7O8. The number of para-hydroxylation sites is 1. The molecule has 0 radical (unpaired) electrons. The summed E-state index contributed by atoms with van der Waals surface area (Å²) in [5.74, 6) is -5.40. The van der Waals surface area contributed by atoms with Gasteiger partial charge in [-0.15, -0.1) is 0 Å². The second-order valence-corrected chi connectivity index (χ2v) is 13.6. The van der Waals surface area contributed by atoms with E-state index in [4.69, 9.17) is 5.73 Å². The lowest BCUT2D eigenvalue weighted by atomic mass is 9.96. The maximum Gasteiger partial charge on any atom is 0.323 e. The van der Waals surface area contributed by atoms with Crippen LogP contribution in [0.2, 0.25) is 0 Å². The van der Waals surface area contributed by atoms with Crippen LogP contribution in [0.5, 0.6) is 0 Å². The van der Waals surface area contributed by atoms with Crippen molar-refractivity contribution in [2.24, 2.45) is 17.6 Å². The van der Waals surface area contributed by atoms with Crippen LogP contribution in [0.3, 0.4) is 0 Å². The van der Waals surface area contributed by atoms with Crippen molar-refractivity contribution in [2.75, 3.05) is 10.6 Å². The summed E-state index contributed by atoms with van der Waals surface area (Å²) in [6.45, 7) is 7.36. The van der Waals surface area contributed by atoms with E-state index in [-0.39, 0.29) is 18.8 Å². The molecule has 3 unspecified atom stereocenters. The second-order valence-electron chi connectivity index (χ2n) is 13.6. The molecule has 15 nitrogen and oxygen atoms in total. The number of urea groups is 1. The first-order valence-electron chi connectivity index (χ1n) is 18.2. The van der Waals surface area contributed by atoms with Crippen LogP contribution in [-0.2, 0) is 35.2 Å². The van der Waals surface area contributed by atoms with Crippen LogP contribution in [-0.4, -0.2) is 70.8 Å². The van der Waals surface area contributed by atoms with Gasteiger partial charge in [-0.1, -0.05) is 76.8 Å². The molecule has 9 N–H and O–H groups in total. The Kier molecular flexibility index (Phi) is 16.3. The number of aryl methyl sites for hydroxylation is 1. The number of anilines is 2. The molecule has 1 fully saturated rings. The molecule has 7 amide bonds. The fraction of sp³-hybridized carbons (Fsp3) is 0.500. The van der Waals surface area contributed by atoms with Crippen LogP contribution in [0.25, 0.3) is 0 Å². The lowest BCUT2D eigenvalue weighted by molar-refractivity contribution is -0.141. The molecule has 0 bridgehead atoms. The van der Waals surface area contributed by atoms with Gasteiger partial charge in [-0.05, 0) is 61.4 Å². The maximum absolute atomic E-state index is 13.5. The van der Waals surface area contributed by atoms with E-state index >= 15 is 0 Å². The van der Waals surface area contributed by atoms with Crippen molar-refractivity contribution in [3.63, 3.8) is 0 Å². The van der Waals surface area contributed by atoms with Gasteiger partial charge < -0.3 is 42.7 Å². The molecule has 1 aliphatic carbocycles. The fourth-order valence-electron chi connectivity index (χ4n) is 6.17. The zero-order valence-corrected chi connectivity index (χ0v) is 30.8. The second kappa shape index (κ2) is 20.5. The third-order valence-corrected chi connectivity index (χ3v) is 9.48. The van der Waals surface area contributed by atoms with E-state index < -0.39 is 78.0 Å². The third-order valence-electron chi connectivity index (χ3n) is 9.48. The van der Waals surface area contributed by atoms with Crippen molar-refractivity contribution >= 4 is 52.9 Å². The molecule has 3 rings (SSSR count). The highest BCUT2D eigenvalue weighted by molar-refractivity contribution is 6.00. The number of hydrogen-bond acceptors (Lipinski definition) is 7. The van der Waals surface area contributed by atoms with Gasteiger partial charge in [-0.3, -0.25) is 28.8 Å². The van der Waals surface area contributed by atoms with E-state index in [1.807, 2.05) is 39.0 Å². The Morgan fingerprint density at radius 1 is 0.849 bits per heavy atom. The first-order valence-corrected chi connectivity index (χ1v) is 18.2. The smallest absolute Gasteiger partial charge is 0.323 e. The van der Waals surface area contributed by atoms with Crippen LogP contribution < -0.4 is 37.6 Å². The summed E-state index contributed by atoms with van der Waals surface area (Å²) in [6, 6.07) is 9.39. The molecule has 0 spiro atoms. The van der Waals surface area contributed by atoms with E-state index in [9.17, 15) is 38.7 Å². The average Bonchev–Trinajstić information content (AvgIpc) is 3.58. The summed E-state index contributed by atoms with van der Waals surface area (Å²) in [7, 11) is 0. The fourth-order valence-corrected chi connectivity index (χ4v) is 6.17. The molecule has 1 aliphatic rings. The van der Waals surface area contributed by atoms with E-state index in [2.05, 4.69) is 31.9 Å². The number of rotatable bonds is 19. The van der Waals surface area contributed by atoms with Crippen molar-refractivity contribution < 1.29 is 38.7 Å². The Labute approximate surface area is 310 Å². The molecule has 2 aromatic rings.